The number of carbonyl (C=O) groups excluding carboxylic acids is 2. The predicted molar refractivity (Wildman–Crippen MR) is 109 cm³/mol. The lowest BCUT2D eigenvalue weighted by Gasteiger charge is -2.13. The highest BCUT2D eigenvalue weighted by molar-refractivity contribution is 8.03. The summed E-state index contributed by atoms with van der Waals surface area (Å²) in [6.07, 6.45) is 0. The average Bonchev–Trinajstić information content (AvgIpc) is 2.62. The van der Waals surface area contributed by atoms with Gasteiger partial charge in [-0.3, -0.25) is 9.59 Å². The van der Waals surface area contributed by atoms with Crippen molar-refractivity contribution in [3.8, 4) is 5.40 Å². The van der Waals surface area contributed by atoms with E-state index in [9.17, 15) is 9.59 Å². The number of hydrogen-bond donors (Lipinski definition) is 1. The van der Waals surface area contributed by atoms with E-state index in [-0.39, 0.29) is 12.4 Å². The minimum Gasteiger partial charge on any atom is -0.455 e. The number of thiocyanates is 1. The summed E-state index contributed by atoms with van der Waals surface area (Å²) in [5.74, 6) is -0.681. The van der Waals surface area contributed by atoms with Gasteiger partial charge in [-0.15, -0.1) is 11.8 Å². The molecule has 1 N–H and O–H groups in total. The molecule has 2 aromatic carbocycles. The zero-order valence-corrected chi connectivity index (χ0v) is 17.0. The minimum absolute atomic E-state index is 0.149. The average molecular weight is 401 g/mol. The van der Waals surface area contributed by atoms with Gasteiger partial charge >= 0.3 is 5.97 Å². The lowest BCUT2D eigenvalue weighted by molar-refractivity contribution is -0.144. The quantitative estimate of drug-likeness (QED) is 0.420. The number of esters is 1. The first kappa shape index (κ1) is 20.9. The standard InChI is InChI=1S/C20H20N2O3S2/c1-13-6-4-5-7-17(13)26-11-19(24)25-10-18(23)22-20-14(2)8-16(27-12-21)9-15(20)3/h4-9H,10-11H2,1-3H3,(H,22,23). The van der Waals surface area contributed by atoms with Crippen LogP contribution in [0.1, 0.15) is 16.7 Å². The molecular formula is C20H20N2O3S2. The number of thioether (sulfide) groups is 2. The van der Waals surface area contributed by atoms with Gasteiger partial charge in [-0.25, -0.2) is 0 Å². The molecule has 1 amide bonds. The monoisotopic (exact) mass is 400 g/mol. The molecule has 2 aromatic rings. The Morgan fingerprint density at radius 2 is 1.78 bits per heavy atom. The molecule has 0 heterocycles. The summed E-state index contributed by atoms with van der Waals surface area (Å²) in [6, 6.07) is 11.4. The summed E-state index contributed by atoms with van der Waals surface area (Å²) in [5, 5.41) is 13.6. The Hall–Kier alpha value is -2.43. The summed E-state index contributed by atoms with van der Waals surface area (Å²) in [7, 11) is 0. The van der Waals surface area contributed by atoms with Crippen molar-refractivity contribution in [1.82, 2.24) is 0 Å². The van der Waals surface area contributed by atoms with E-state index in [0.29, 0.717) is 5.69 Å². The molecule has 0 radical (unpaired) electrons. The van der Waals surface area contributed by atoms with Gasteiger partial charge in [-0.1, -0.05) is 18.2 Å². The van der Waals surface area contributed by atoms with Crippen LogP contribution in [0.2, 0.25) is 0 Å². The summed E-state index contributed by atoms with van der Waals surface area (Å²) in [5.41, 5.74) is 3.47. The summed E-state index contributed by atoms with van der Waals surface area (Å²) in [6.45, 7) is 5.36. The molecule has 0 bridgehead atoms. The van der Waals surface area contributed by atoms with Crippen molar-refractivity contribution >= 4 is 41.1 Å². The fourth-order valence-corrected chi connectivity index (χ4v) is 3.85. The van der Waals surface area contributed by atoms with Crippen molar-refractivity contribution in [2.24, 2.45) is 0 Å². The second-order valence-electron chi connectivity index (χ2n) is 5.89. The number of hydrogen-bond acceptors (Lipinski definition) is 6. The Morgan fingerprint density at radius 1 is 1.11 bits per heavy atom. The highest BCUT2D eigenvalue weighted by atomic mass is 32.2. The summed E-state index contributed by atoms with van der Waals surface area (Å²) in [4.78, 5) is 25.8. The first-order chi connectivity index (χ1) is 12.9. The van der Waals surface area contributed by atoms with Crippen LogP contribution in [-0.4, -0.2) is 24.2 Å². The van der Waals surface area contributed by atoms with Crippen molar-refractivity contribution in [3.05, 3.63) is 53.1 Å². The molecule has 27 heavy (non-hydrogen) atoms. The van der Waals surface area contributed by atoms with E-state index in [0.717, 1.165) is 38.2 Å². The van der Waals surface area contributed by atoms with Crippen molar-refractivity contribution in [2.75, 3.05) is 17.7 Å². The maximum absolute atomic E-state index is 12.1. The van der Waals surface area contributed by atoms with Gasteiger partial charge in [0.1, 0.15) is 5.40 Å². The predicted octanol–water partition coefficient (Wildman–Crippen LogP) is 4.46. The normalized spacial score (nSPS) is 10.1. The number of carbonyl (C=O) groups is 2. The van der Waals surface area contributed by atoms with E-state index in [2.05, 4.69) is 5.32 Å². The van der Waals surface area contributed by atoms with Crippen molar-refractivity contribution in [1.29, 1.82) is 5.26 Å². The number of anilines is 1. The van der Waals surface area contributed by atoms with E-state index in [1.165, 1.54) is 11.8 Å². The fraction of sp³-hybridized carbons (Fsp3) is 0.250. The van der Waals surface area contributed by atoms with Crippen molar-refractivity contribution in [3.63, 3.8) is 0 Å². The molecule has 0 aliphatic carbocycles. The zero-order valence-electron chi connectivity index (χ0n) is 15.4. The molecule has 0 fully saturated rings. The molecule has 140 valence electrons. The van der Waals surface area contributed by atoms with Gasteiger partial charge in [0.25, 0.3) is 5.91 Å². The van der Waals surface area contributed by atoms with Crippen LogP contribution in [-0.2, 0) is 14.3 Å². The molecule has 0 aliphatic rings. The summed E-state index contributed by atoms with van der Waals surface area (Å²) < 4.78 is 5.06. The van der Waals surface area contributed by atoms with Gasteiger partial charge in [0, 0.05) is 15.5 Å². The number of nitriles is 1. The number of nitrogens with zero attached hydrogens (tertiary/aromatic N) is 1. The fourth-order valence-electron chi connectivity index (χ4n) is 2.45. The summed E-state index contributed by atoms with van der Waals surface area (Å²) >= 11 is 2.46. The van der Waals surface area contributed by atoms with Gasteiger partial charge in [0.2, 0.25) is 0 Å². The molecule has 0 aliphatic heterocycles. The number of nitrogens with one attached hydrogen (secondary N) is 1. The molecule has 0 aromatic heterocycles. The van der Waals surface area contributed by atoms with Crippen molar-refractivity contribution in [2.45, 2.75) is 30.6 Å². The second kappa shape index (κ2) is 10.0. The number of aryl methyl sites for hydroxylation is 3. The van der Waals surface area contributed by atoms with Crippen LogP contribution >= 0.6 is 23.5 Å². The van der Waals surface area contributed by atoms with Crippen LogP contribution in [0.15, 0.2) is 46.2 Å². The molecule has 0 unspecified atom stereocenters. The lowest BCUT2D eigenvalue weighted by Crippen LogP contribution is -2.22. The molecule has 5 nitrogen and oxygen atoms in total. The van der Waals surface area contributed by atoms with Crippen LogP contribution in [0.4, 0.5) is 5.69 Å². The molecular weight excluding hydrogens is 380 g/mol. The first-order valence-electron chi connectivity index (χ1n) is 8.21. The van der Waals surface area contributed by atoms with Crippen LogP contribution in [0.3, 0.4) is 0 Å². The Labute approximate surface area is 167 Å². The Kier molecular flexibility index (Phi) is 7.77. The molecule has 0 saturated carbocycles. The minimum atomic E-state index is -0.437. The SMILES string of the molecule is Cc1ccccc1SCC(=O)OCC(=O)Nc1c(C)cc(SC#N)cc1C. The van der Waals surface area contributed by atoms with E-state index >= 15 is 0 Å². The van der Waals surface area contributed by atoms with Crippen LogP contribution in [0.25, 0.3) is 0 Å². The van der Waals surface area contributed by atoms with E-state index in [4.69, 9.17) is 10.00 Å². The third-order valence-electron chi connectivity index (χ3n) is 3.74. The number of ether oxygens (including phenoxy) is 1. The maximum atomic E-state index is 12.1. The van der Waals surface area contributed by atoms with Crippen LogP contribution in [0, 0.1) is 31.4 Å². The van der Waals surface area contributed by atoms with Gasteiger partial charge in [0.05, 0.1) is 5.75 Å². The van der Waals surface area contributed by atoms with Crippen molar-refractivity contribution < 1.29 is 14.3 Å². The molecule has 7 heteroatoms. The molecule has 0 atom stereocenters. The van der Waals surface area contributed by atoms with Gasteiger partial charge in [-0.05, 0) is 67.4 Å². The van der Waals surface area contributed by atoms with Crippen LogP contribution in [0.5, 0.6) is 0 Å². The Balaban J connectivity index is 1.85. The first-order valence-corrected chi connectivity index (χ1v) is 10.0. The Morgan fingerprint density at radius 3 is 2.41 bits per heavy atom. The molecule has 0 spiro atoms. The highest BCUT2D eigenvalue weighted by Crippen LogP contribution is 2.27. The van der Waals surface area contributed by atoms with E-state index in [1.54, 1.807) is 0 Å². The van der Waals surface area contributed by atoms with Gasteiger partial charge < -0.3 is 10.1 Å². The topological polar surface area (TPSA) is 79.2 Å². The number of rotatable bonds is 7. The van der Waals surface area contributed by atoms with Gasteiger partial charge in [-0.2, -0.15) is 5.26 Å². The van der Waals surface area contributed by atoms with Crippen LogP contribution < -0.4 is 5.32 Å². The van der Waals surface area contributed by atoms with E-state index < -0.39 is 11.9 Å². The van der Waals surface area contributed by atoms with E-state index in [1.807, 2.05) is 62.6 Å². The third-order valence-corrected chi connectivity index (χ3v) is 5.45. The lowest BCUT2D eigenvalue weighted by atomic mass is 10.1. The maximum Gasteiger partial charge on any atom is 0.316 e. The highest BCUT2D eigenvalue weighted by Gasteiger charge is 2.12. The zero-order chi connectivity index (χ0) is 19.8. The largest absolute Gasteiger partial charge is 0.455 e. The number of benzene rings is 2. The number of amides is 1. The molecule has 2 rings (SSSR count). The van der Waals surface area contributed by atoms with Gasteiger partial charge in [0.15, 0.2) is 6.61 Å². The second-order valence-corrected chi connectivity index (χ2v) is 7.76. The molecule has 0 saturated heterocycles. The smallest absolute Gasteiger partial charge is 0.316 e. The Bertz CT molecular complexity index is 868. The third kappa shape index (κ3) is 6.35.